The number of carboxylic acid groups (broad SMARTS) is 1. The van der Waals surface area contributed by atoms with E-state index in [1.807, 2.05) is 6.07 Å². The van der Waals surface area contributed by atoms with Crippen LogP contribution in [0.4, 0.5) is 5.69 Å². The van der Waals surface area contributed by atoms with Crippen LogP contribution in [0.2, 0.25) is 0 Å². The predicted molar refractivity (Wildman–Crippen MR) is 73.5 cm³/mol. The zero-order valence-electron chi connectivity index (χ0n) is 11.3. The molecule has 1 N–H and O–H groups in total. The summed E-state index contributed by atoms with van der Waals surface area (Å²) in [5.41, 5.74) is 2.07. The van der Waals surface area contributed by atoms with E-state index < -0.39 is 5.97 Å². The fraction of sp³-hybridized carbons (Fsp3) is 0.467. The molecule has 102 valence electrons. The van der Waals surface area contributed by atoms with E-state index in [0.29, 0.717) is 18.9 Å². The summed E-state index contributed by atoms with van der Waals surface area (Å²) in [4.78, 5) is 24.9. The zero-order chi connectivity index (χ0) is 14.0. The Balaban J connectivity index is 2.18. The molecule has 0 aliphatic carbocycles. The number of carbonyl (C=O) groups excluding carboxylic acids is 1. The lowest BCUT2D eigenvalue weighted by atomic mass is 10.1. The van der Waals surface area contributed by atoms with E-state index in [4.69, 9.17) is 5.11 Å². The Bertz CT molecular complexity index is 508. The summed E-state index contributed by atoms with van der Waals surface area (Å²) in [5, 5.41) is 9.01. The second-order valence-corrected chi connectivity index (χ2v) is 5.38. The highest BCUT2D eigenvalue weighted by Gasteiger charge is 2.25. The van der Waals surface area contributed by atoms with Crippen molar-refractivity contribution in [3.8, 4) is 0 Å². The monoisotopic (exact) mass is 261 g/mol. The summed E-state index contributed by atoms with van der Waals surface area (Å²) in [5.74, 6) is -0.365. The molecule has 0 fully saturated rings. The van der Waals surface area contributed by atoms with Crippen molar-refractivity contribution in [3.05, 3.63) is 29.3 Å². The van der Waals surface area contributed by atoms with Gasteiger partial charge in [-0.3, -0.25) is 4.79 Å². The molecule has 0 spiro atoms. The lowest BCUT2D eigenvalue weighted by Gasteiger charge is -2.18. The van der Waals surface area contributed by atoms with Gasteiger partial charge in [0.05, 0.1) is 5.56 Å². The maximum Gasteiger partial charge on any atom is 0.335 e. The van der Waals surface area contributed by atoms with E-state index in [0.717, 1.165) is 24.1 Å². The smallest absolute Gasteiger partial charge is 0.335 e. The number of carbonyl (C=O) groups is 2. The molecule has 0 unspecified atom stereocenters. The van der Waals surface area contributed by atoms with Crippen molar-refractivity contribution in [3.63, 3.8) is 0 Å². The van der Waals surface area contributed by atoms with Crippen LogP contribution in [0.3, 0.4) is 0 Å². The normalized spacial score (nSPS) is 13.7. The van der Waals surface area contributed by atoms with E-state index in [1.165, 1.54) is 0 Å². The first-order valence-corrected chi connectivity index (χ1v) is 6.65. The van der Waals surface area contributed by atoms with E-state index in [-0.39, 0.29) is 11.5 Å². The van der Waals surface area contributed by atoms with Crippen LogP contribution in [-0.2, 0) is 11.2 Å². The third kappa shape index (κ3) is 2.95. The van der Waals surface area contributed by atoms with Gasteiger partial charge >= 0.3 is 5.97 Å². The second kappa shape index (κ2) is 5.43. The van der Waals surface area contributed by atoms with Gasteiger partial charge in [-0.15, -0.1) is 0 Å². The maximum absolute atomic E-state index is 12.2. The molecule has 0 saturated carbocycles. The van der Waals surface area contributed by atoms with Crippen molar-refractivity contribution >= 4 is 17.6 Å². The molecule has 1 aliphatic rings. The van der Waals surface area contributed by atoms with Gasteiger partial charge < -0.3 is 10.0 Å². The summed E-state index contributed by atoms with van der Waals surface area (Å²) in [6.45, 7) is 4.84. The van der Waals surface area contributed by atoms with Crippen LogP contribution in [0, 0.1) is 5.92 Å². The molecule has 0 atom stereocenters. The average Bonchev–Trinajstić information content (AvgIpc) is 2.78. The van der Waals surface area contributed by atoms with Crippen molar-refractivity contribution in [2.24, 2.45) is 5.92 Å². The lowest BCUT2D eigenvalue weighted by Crippen LogP contribution is -2.29. The highest BCUT2D eigenvalue weighted by Crippen LogP contribution is 2.30. The summed E-state index contributed by atoms with van der Waals surface area (Å²) < 4.78 is 0. The number of rotatable bonds is 4. The van der Waals surface area contributed by atoms with E-state index in [1.54, 1.807) is 17.0 Å². The van der Waals surface area contributed by atoms with Crippen molar-refractivity contribution in [1.29, 1.82) is 0 Å². The summed E-state index contributed by atoms with van der Waals surface area (Å²) in [7, 11) is 0. The maximum atomic E-state index is 12.2. The third-order valence-corrected chi connectivity index (χ3v) is 3.46. The molecular formula is C15H19NO3. The van der Waals surface area contributed by atoms with Gasteiger partial charge in [-0.1, -0.05) is 19.9 Å². The van der Waals surface area contributed by atoms with Crippen molar-refractivity contribution in [2.75, 3.05) is 11.4 Å². The average molecular weight is 261 g/mol. The Morgan fingerprint density at radius 2 is 2.11 bits per heavy atom. The quantitative estimate of drug-likeness (QED) is 0.906. The van der Waals surface area contributed by atoms with Crippen LogP contribution in [-0.4, -0.2) is 23.5 Å². The Kier molecular flexibility index (Phi) is 3.88. The number of fused-ring (bicyclic) bond motifs is 1. The number of anilines is 1. The minimum Gasteiger partial charge on any atom is -0.478 e. The van der Waals surface area contributed by atoms with Gasteiger partial charge in [-0.25, -0.2) is 4.79 Å². The van der Waals surface area contributed by atoms with Gasteiger partial charge in [0, 0.05) is 18.7 Å². The number of aromatic carboxylic acids is 1. The molecule has 1 amide bonds. The van der Waals surface area contributed by atoms with Crippen LogP contribution in [0.1, 0.15) is 42.6 Å². The predicted octanol–water partition coefficient (Wildman–Crippen LogP) is 2.71. The van der Waals surface area contributed by atoms with Crippen molar-refractivity contribution in [1.82, 2.24) is 0 Å². The van der Waals surface area contributed by atoms with Crippen LogP contribution >= 0.6 is 0 Å². The minimum atomic E-state index is -0.954. The van der Waals surface area contributed by atoms with Crippen molar-refractivity contribution < 1.29 is 14.7 Å². The Morgan fingerprint density at radius 3 is 2.74 bits per heavy atom. The Labute approximate surface area is 113 Å². The van der Waals surface area contributed by atoms with Gasteiger partial charge in [-0.2, -0.15) is 0 Å². The highest BCUT2D eigenvalue weighted by molar-refractivity contribution is 5.97. The molecule has 1 aromatic rings. The first-order valence-electron chi connectivity index (χ1n) is 6.65. The number of carboxylic acids is 1. The number of benzene rings is 1. The van der Waals surface area contributed by atoms with Crippen molar-refractivity contribution in [2.45, 2.75) is 33.1 Å². The molecule has 0 bridgehead atoms. The topological polar surface area (TPSA) is 57.6 Å². The number of hydrogen-bond acceptors (Lipinski definition) is 2. The van der Waals surface area contributed by atoms with E-state index >= 15 is 0 Å². The van der Waals surface area contributed by atoms with Crippen LogP contribution in [0.15, 0.2) is 18.2 Å². The summed E-state index contributed by atoms with van der Waals surface area (Å²) in [6.07, 6.45) is 2.19. The molecule has 0 aromatic heterocycles. The molecule has 1 aromatic carbocycles. The fourth-order valence-electron chi connectivity index (χ4n) is 2.32. The number of amides is 1. The Hall–Kier alpha value is -1.84. The van der Waals surface area contributed by atoms with Gasteiger partial charge in [0.1, 0.15) is 0 Å². The zero-order valence-corrected chi connectivity index (χ0v) is 11.3. The highest BCUT2D eigenvalue weighted by atomic mass is 16.4. The van der Waals surface area contributed by atoms with E-state index in [9.17, 15) is 9.59 Å². The standard InChI is InChI=1S/C15H19NO3/c1-10(2)3-6-14(17)16-8-7-11-4-5-12(15(18)19)9-13(11)16/h4-5,9-10H,3,6-8H2,1-2H3,(H,18,19). The first kappa shape index (κ1) is 13.6. The molecule has 19 heavy (non-hydrogen) atoms. The van der Waals surface area contributed by atoms with Gasteiger partial charge in [-0.05, 0) is 36.5 Å². The van der Waals surface area contributed by atoms with Gasteiger partial charge in [0.2, 0.25) is 5.91 Å². The van der Waals surface area contributed by atoms with Crippen LogP contribution < -0.4 is 4.90 Å². The third-order valence-electron chi connectivity index (χ3n) is 3.46. The molecule has 1 heterocycles. The number of nitrogens with zero attached hydrogens (tertiary/aromatic N) is 1. The SMILES string of the molecule is CC(C)CCC(=O)N1CCc2ccc(C(=O)O)cc21. The Morgan fingerprint density at radius 1 is 1.37 bits per heavy atom. The van der Waals surface area contributed by atoms with E-state index in [2.05, 4.69) is 13.8 Å². The summed E-state index contributed by atoms with van der Waals surface area (Å²) in [6, 6.07) is 5.02. The van der Waals surface area contributed by atoms with Gasteiger partial charge in [0.25, 0.3) is 0 Å². The summed E-state index contributed by atoms with van der Waals surface area (Å²) >= 11 is 0. The van der Waals surface area contributed by atoms with Crippen LogP contribution in [0.25, 0.3) is 0 Å². The minimum absolute atomic E-state index is 0.0926. The molecule has 1 aliphatic heterocycles. The van der Waals surface area contributed by atoms with Crippen LogP contribution in [0.5, 0.6) is 0 Å². The molecule has 2 rings (SSSR count). The molecule has 4 heteroatoms. The molecule has 4 nitrogen and oxygen atoms in total. The van der Waals surface area contributed by atoms with Gasteiger partial charge in [0.15, 0.2) is 0 Å². The molecular weight excluding hydrogens is 242 g/mol. The fourth-order valence-corrected chi connectivity index (χ4v) is 2.32. The largest absolute Gasteiger partial charge is 0.478 e. The second-order valence-electron chi connectivity index (χ2n) is 5.38. The first-order chi connectivity index (χ1) is 8.99. The number of hydrogen-bond donors (Lipinski definition) is 1. The molecule has 0 radical (unpaired) electrons. The molecule has 0 saturated heterocycles. The lowest BCUT2D eigenvalue weighted by molar-refractivity contribution is -0.118.